The number of hydrogen-bond donors (Lipinski definition) is 2. The van der Waals surface area contributed by atoms with E-state index in [0.717, 1.165) is 0 Å². The number of halogens is 1. The minimum atomic E-state index is -0.859. The molecular formula is C10H8FNO2. The van der Waals surface area contributed by atoms with E-state index in [9.17, 15) is 9.18 Å². The molecule has 0 atom stereocenters. The second-order valence-corrected chi connectivity index (χ2v) is 3.11. The first kappa shape index (κ1) is 8.74. The van der Waals surface area contributed by atoms with E-state index in [0.29, 0.717) is 11.1 Å². The predicted molar refractivity (Wildman–Crippen MR) is 50.9 cm³/mol. The molecule has 72 valence electrons. The van der Waals surface area contributed by atoms with E-state index in [-0.39, 0.29) is 5.39 Å². The lowest BCUT2D eigenvalue weighted by atomic mass is 10.1. The molecule has 2 rings (SSSR count). The number of rotatable bonds is 0. The summed E-state index contributed by atoms with van der Waals surface area (Å²) in [6.07, 6.45) is 0. The lowest BCUT2D eigenvalue weighted by Gasteiger charge is -2.03. The molecule has 0 spiro atoms. The van der Waals surface area contributed by atoms with Gasteiger partial charge < -0.3 is 10.1 Å². The molecule has 2 aromatic rings. The van der Waals surface area contributed by atoms with E-state index in [4.69, 9.17) is 5.11 Å². The number of hydrogen-bond acceptors (Lipinski definition) is 2. The molecule has 0 aliphatic carbocycles. The molecule has 0 saturated heterocycles. The highest BCUT2D eigenvalue weighted by Crippen LogP contribution is 2.22. The van der Waals surface area contributed by atoms with Crippen LogP contribution in [0.15, 0.2) is 23.0 Å². The van der Waals surface area contributed by atoms with Gasteiger partial charge in [-0.15, -0.1) is 0 Å². The van der Waals surface area contributed by atoms with Gasteiger partial charge in [0.25, 0.3) is 5.56 Å². The van der Waals surface area contributed by atoms with Gasteiger partial charge >= 0.3 is 0 Å². The van der Waals surface area contributed by atoms with Gasteiger partial charge in [0.2, 0.25) is 5.75 Å². The number of benzene rings is 1. The zero-order valence-corrected chi connectivity index (χ0v) is 7.47. The summed E-state index contributed by atoms with van der Waals surface area (Å²) in [4.78, 5) is 13.4. The van der Waals surface area contributed by atoms with Gasteiger partial charge in [-0.05, 0) is 18.6 Å². The van der Waals surface area contributed by atoms with Crippen molar-refractivity contribution in [3.63, 3.8) is 0 Å². The van der Waals surface area contributed by atoms with Crippen LogP contribution in [0.25, 0.3) is 10.9 Å². The van der Waals surface area contributed by atoms with Crippen molar-refractivity contribution in [3.05, 3.63) is 39.9 Å². The second kappa shape index (κ2) is 2.83. The number of aryl methyl sites for hydroxylation is 1. The molecule has 1 heterocycles. The number of fused-ring (bicyclic) bond motifs is 1. The maximum atomic E-state index is 13.4. The predicted octanol–water partition coefficient (Wildman–Crippen LogP) is 1.68. The topological polar surface area (TPSA) is 53.1 Å². The van der Waals surface area contributed by atoms with Gasteiger partial charge in [-0.3, -0.25) is 4.79 Å². The van der Waals surface area contributed by atoms with E-state index >= 15 is 0 Å². The Kier molecular flexibility index (Phi) is 1.77. The zero-order chi connectivity index (χ0) is 10.3. The van der Waals surface area contributed by atoms with E-state index in [2.05, 4.69) is 4.98 Å². The summed E-state index contributed by atoms with van der Waals surface area (Å²) in [6, 6.07) is 5.01. The van der Waals surface area contributed by atoms with Crippen molar-refractivity contribution in [2.45, 2.75) is 6.92 Å². The molecule has 1 aromatic carbocycles. The maximum absolute atomic E-state index is 13.4. The fourth-order valence-electron chi connectivity index (χ4n) is 1.46. The van der Waals surface area contributed by atoms with Gasteiger partial charge in [-0.1, -0.05) is 12.1 Å². The van der Waals surface area contributed by atoms with E-state index in [1.54, 1.807) is 25.1 Å². The van der Waals surface area contributed by atoms with Crippen LogP contribution in [0.3, 0.4) is 0 Å². The third-order valence-corrected chi connectivity index (χ3v) is 2.16. The molecule has 0 aliphatic rings. The molecule has 4 heteroatoms. The standard InChI is InChI=1S/C10H8FNO2/c1-5-3-2-4-6-7(5)8(11)9(13)10(14)12-6/h2-4,13H,1H3,(H,12,14). The SMILES string of the molecule is Cc1cccc2[nH]c(=O)c(O)c(F)c12. The third kappa shape index (κ3) is 1.08. The number of nitrogens with one attached hydrogen (secondary N) is 1. The maximum Gasteiger partial charge on any atom is 0.293 e. The van der Waals surface area contributed by atoms with Gasteiger partial charge in [-0.25, -0.2) is 4.39 Å². The van der Waals surface area contributed by atoms with E-state index in [1.807, 2.05) is 0 Å². The smallest absolute Gasteiger partial charge is 0.293 e. The molecule has 3 nitrogen and oxygen atoms in total. The van der Waals surface area contributed by atoms with Crippen molar-refractivity contribution in [1.29, 1.82) is 0 Å². The normalized spacial score (nSPS) is 10.7. The van der Waals surface area contributed by atoms with Crippen LogP contribution in [0, 0.1) is 12.7 Å². The number of H-pyrrole nitrogens is 1. The lowest BCUT2D eigenvalue weighted by molar-refractivity contribution is 0.428. The number of pyridine rings is 1. The Balaban J connectivity index is 3.07. The Morgan fingerprint density at radius 1 is 1.43 bits per heavy atom. The third-order valence-electron chi connectivity index (χ3n) is 2.16. The number of aromatic nitrogens is 1. The Morgan fingerprint density at radius 2 is 2.14 bits per heavy atom. The van der Waals surface area contributed by atoms with Crippen LogP contribution in [-0.4, -0.2) is 10.1 Å². The number of aromatic hydroxyl groups is 1. The Morgan fingerprint density at radius 3 is 2.86 bits per heavy atom. The highest BCUT2D eigenvalue weighted by Gasteiger charge is 2.12. The summed E-state index contributed by atoms with van der Waals surface area (Å²) < 4.78 is 13.4. The van der Waals surface area contributed by atoms with Crippen LogP contribution in [0.4, 0.5) is 4.39 Å². The van der Waals surface area contributed by atoms with Crippen molar-refractivity contribution in [2.24, 2.45) is 0 Å². The minimum absolute atomic E-state index is 0.254. The summed E-state index contributed by atoms with van der Waals surface area (Å²) in [5.74, 6) is -1.71. The summed E-state index contributed by atoms with van der Waals surface area (Å²) in [7, 11) is 0. The fourth-order valence-corrected chi connectivity index (χ4v) is 1.46. The Hall–Kier alpha value is -1.84. The Bertz CT molecular complexity index is 560. The fraction of sp³-hybridized carbons (Fsp3) is 0.100. The first-order chi connectivity index (χ1) is 6.61. The van der Waals surface area contributed by atoms with Crippen molar-refractivity contribution in [2.75, 3.05) is 0 Å². The van der Waals surface area contributed by atoms with E-state index < -0.39 is 17.1 Å². The summed E-state index contributed by atoms with van der Waals surface area (Å²) in [5, 5.41) is 9.36. The van der Waals surface area contributed by atoms with Crippen LogP contribution >= 0.6 is 0 Å². The van der Waals surface area contributed by atoms with Crippen molar-refractivity contribution < 1.29 is 9.50 Å². The van der Waals surface area contributed by atoms with Gasteiger partial charge in [0.05, 0.1) is 5.52 Å². The first-order valence-corrected chi connectivity index (χ1v) is 4.11. The Labute approximate surface area is 78.8 Å². The van der Waals surface area contributed by atoms with Crippen LogP contribution < -0.4 is 5.56 Å². The molecule has 0 bridgehead atoms. The van der Waals surface area contributed by atoms with Gasteiger partial charge in [0.15, 0.2) is 5.82 Å². The first-order valence-electron chi connectivity index (χ1n) is 4.11. The summed E-state index contributed by atoms with van der Waals surface area (Å²) in [5.41, 5.74) is 0.262. The highest BCUT2D eigenvalue weighted by atomic mass is 19.1. The molecule has 0 amide bonds. The summed E-state index contributed by atoms with van der Waals surface area (Å²) in [6.45, 7) is 1.71. The largest absolute Gasteiger partial charge is 0.501 e. The monoisotopic (exact) mass is 193 g/mol. The molecule has 0 fully saturated rings. The molecule has 0 saturated carbocycles. The average molecular weight is 193 g/mol. The molecule has 0 aliphatic heterocycles. The molecule has 0 unspecified atom stereocenters. The molecule has 0 radical (unpaired) electrons. The van der Waals surface area contributed by atoms with Crippen LogP contribution in [0.5, 0.6) is 5.75 Å². The van der Waals surface area contributed by atoms with Crippen LogP contribution in [0.2, 0.25) is 0 Å². The molecule has 1 aromatic heterocycles. The van der Waals surface area contributed by atoms with Gasteiger partial charge in [0, 0.05) is 5.39 Å². The number of aromatic amines is 1. The van der Waals surface area contributed by atoms with E-state index in [1.165, 1.54) is 0 Å². The minimum Gasteiger partial charge on any atom is -0.501 e. The van der Waals surface area contributed by atoms with Gasteiger partial charge in [0.1, 0.15) is 0 Å². The highest BCUT2D eigenvalue weighted by molar-refractivity contribution is 5.83. The van der Waals surface area contributed by atoms with Gasteiger partial charge in [-0.2, -0.15) is 0 Å². The van der Waals surface area contributed by atoms with Crippen LogP contribution in [-0.2, 0) is 0 Å². The lowest BCUT2D eigenvalue weighted by Crippen LogP contribution is -2.07. The molecular weight excluding hydrogens is 185 g/mol. The van der Waals surface area contributed by atoms with Crippen LogP contribution in [0.1, 0.15) is 5.56 Å². The summed E-state index contributed by atoms with van der Waals surface area (Å²) >= 11 is 0. The van der Waals surface area contributed by atoms with Crippen molar-refractivity contribution in [3.8, 4) is 5.75 Å². The second-order valence-electron chi connectivity index (χ2n) is 3.11. The zero-order valence-electron chi connectivity index (χ0n) is 7.47. The molecule has 14 heavy (non-hydrogen) atoms. The quantitative estimate of drug-likeness (QED) is 0.668. The van der Waals surface area contributed by atoms with Crippen molar-refractivity contribution >= 4 is 10.9 Å². The average Bonchev–Trinajstić information content (AvgIpc) is 2.14. The van der Waals surface area contributed by atoms with Crippen molar-refractivity contribution in [1.82, 2.24) is 4.98 Å². The molecule has 2 N–H and O–H groups in total.